The summed E-state index contributed by atoms with van der Waals surface area (Å²) in [5.41, 5.74) is -1.64. The number of rotatable bonds is 4. The lowest BCUT2D eigenvalue weighted by Crippen LogP contribution is -2.36. The Morgan fingerprint density at radius 2 is 2.14 bits per heavy atom. The van der Waals surface area contributed by atoms with E-state index in [1.807, 2.05) is 0 Å². The van der Waals surface area contributed by atoms with E-state index >= 15 is 0 Å². The van der Waals surface area contributed by atoms with Crippen molar-refractivity contribution < 1.29 is 24.0 Å². The van der Waals surface area contributed by atoms with Gasteiger partial charge in [0.2, 0.25) is 0 Å². The Labute approximate surface area is 118 Å². The van der Waals surface area contributed by atoms with Crippen molar-refractivity contribution >= 4 is 7.82 Å². The summed E-state index contributed by atoms with van der Waals surface area (Å²) < 4.78 is 16.6. The summed E-state index contributed by atoms with van der Waals surface area (Å²) in [7, 11) is -4.59. The van der Waals surface area contributed by atoms with Crippen molar-refractivity contribution in [1.82, 2.24) is 9.55 Å². The lowest BCUT2D eigenvalue weighted by atomic mass is 10.0. The predicted molar refractivity (Wildman–Crippen MR) is 69.5 cm³/mol. The SMILES string of the molecule is O=c1ccn([C@@]23C[C@H](O)[C@@H](COP(=O)(O)O)[C@@H]2C3)c(=O)[nH]1. The van der Waals surface area contributed by atoms with Gasteiger partial charge in [0.05, 0.1) is 18.2 Å². The zero-order chi connectivity index (χ0) is 15.4. The number of fused-ring (bicyclic) bond motifs is 1. The van der Waals surface area contributed by atoms with E-state index in [1.54, 1.807) is 0 Å². The standard InChI is InChI=1S/C11H15N2O7P/c14-8-4-11(13-2-1-9(15)12-10(13)16)3-7(11)6(8)5-20-21(17,18)19/h1-2,6-8,14H,3-5H2,(H,12,15,16)(H2,17,18,19)/t6-,7-,8-,11-/m0/s1. The van der Waals surface area contributed by atoms with Gasteiger partial charge in [-0.1, -0.05) is 0 Å². The zero-order valence-corrected chi connectivity index (χ0v) is 11.8. The molecule has 10 heteroatoms. The van der Waals surface area contributed by atoms with E-state index in [1.165, 1.54) is 16.8 Å². The Hall–Kier alpha value is -1.25. The molecule has 2 aliphatic rings. The number of aliphatic hydroxyl groups is 1. The van der Waals surface area contributed by atoms with Crippen LogP contribution in [0.5, 0.6) is 0 Å². The molecule has 0 radical (unpaired) electrons. The van der Waals surface area contributed by atoms with E-state index in [-0.39, 0.29) is 12.5 Å². The van der Waals surface area contributed by atoms with Gasteiger partial charge >= 0.3 is 13.5 Å². The van der Waals surface area contributed by atoms with Crippen molar-refractivity contribution in [3.63, 3.8) is 0 Å². The first-order valence-electron chi connectivity index (χ1n) is 6.43. The molecule has 0 aliphatic heterocycles. The van der Waals surface area contributed by atoms with Crippen molar-refractivity contribution in [2.24, 2.45) is 11.8 Å². The summed E-state index contributed by atoms with van der Waals surface area (Å²) >= 11 is 0. The summed E-state index contributed by atoms with van der Waals surface area (Å²) in [5, 5.41) is 10.0. The van der Waals surface area contributed by atoms with Gasteiger partial charge in [0.25, 0.3) is 5.56 Å². The average molecular weight is 318 g/mol. The second-order valence-corrected chi connectivity index (χ2v) is 6.86. The minimum atomic E-state index is -4.59. The first kappa shape index (κ1) is 14.7. The van der Waals surface area contributed by atoms with Crippen LogP contribution >= 0.6 is 7.82 Å². The molecule has 2 saturated carbocycles. The maximum Gasteiger partial charge on any atom is 0.469 e. The highest BCUT2D eigenvalue weighted by Crippen LogP contribution is 2.63. The average Bonchev–Trinajstić information content (AvgIpc) is 2.95. The van der Waals surface area contributed by atoms with E-state index in [4.69, 9.17) is 9.79 Å². The Kier molecular flexibility index (Phi) is 3.23. The third-order valence-electron chi connectivity index (χ3n) is 4.42. The van der Waals surface area contributed by atoms with Gasteiger partial charge in [-0.2, -0.15) is 0 Å². The van der Waals surface area contributed by atoms with E-state index in [0.29, 0.717) is 12.8 Å². The van der Waals surface area contributed by atoms with Crippen LogP contribution in [0.4, 0.5) is 0 Å². The van der Waals surface area contributed by atoms with Gasteiger partial charge in [0, 0.05) is 18.2 Å². The molecule has 2 fully saturated rings. The van der Waals surface area contributed by atoms with E-state index in [0.717, 1.165) is 0 Å². The van der Waals surface area contributed by atoms with Crippen LogP contribution in [-0.2, 0) is 14.6 Å². The van der Waals surface area contributed by atoms with Crippen LogP contribution in [0.15, 0.2) is 21.9 Å². The van der Waals surface area contributed by atoms with Gasteiger partial charge in [0.15, 0.2) is 0 Å². The Balaban J connectivity index is 1.83. The molecular formula is C11H15N2O7P. The number of aromatic amines is 1. The fraction of sp³-hybridized carbons (Fsp3) is 0.636. The smallest absolute Gasteiger partial charge is 0.393 e. The maximum atomic E-state index is 11.9. The second kappa shape index (κ2) is 4.62. The summed E-state index contributed by atoms with van der Waals surface area (Å²) in [6, 6.07) is 1.23. The van der Waals surface area contributed by atoms with Crippen LogP contribution in [0.3, 0.4) is 0 Å². The molecule has 1 aromatic rings. The summed E-state index contributed by atoms with van der Waals surface area (Å²) in [5.74, 6) is -0.556. The summed E-state index contributed by atoms with van der Waals surface area (Å²) in [6.45, 7) is -0.268. The number of phosphoric acid groups is 1. The summed E-state index contributed by atoms with van der Waals surface area (Å²) in [4.78, 5) is 42.6. The summed E-state index contributed by atoms with van der Waals surface area (Å²) in [6.07, 6.45) is 1.47. The fourth-order valence-corrected chi connectivity index (χ4v) is 3.81. The van der Waals surface area contributed by atoms with Crippen LogP contribution in [0.1, 0.15) is 12.8 Å². The Morgan fingerprint density at radius 1 is 1.43 bits per heavy atom. The van der Waals surface area contributed by atoms with Crippen LogP contribution in [0.25, 0.3) is 0 Å². The number of H-pyrrole nitrogens is 1. The molecule has 2 aliphatic carbocycles. The van der Waals surface area contributed by atoms with Crippen LogP contribution in [-0.4, -0.2) is 37.2 Å². The minimum absolute atomic E-state index is 0.109. The normalized spacial score (nSPS) is 34.7. The van der Waals surface area contributed by atoms with Crippen LogP contribution in [0.2, 0.25) is 0 Å². The predicted octanol–water partition coefficient (Wildman–Crippen LogP) is -1.26. The topological polar surface area (TPSA) is 142 Å². The lowest BCUT2D eigenvalue weighted by Gasteiger charge is -2.18. The molecule has 0 amide bonds. The molecule has 0 bridgehead atoms. The van der Waals surface area contributed by atoms with Gasteiger partial charge in [-0.05, 0) is 18.8 Å². The molecule has 1 heterocycles. The van der Waals surface area contributed by atoms with Crippen LogP contribution < -0.4 is 11.2 Å². The number of aliphatic hydroxyl groups excluding tert-OH is 1. The molecular weight excluding hydrogens is 303 g/mol. The Bertz CT molecular complexity index is 722. The molecule has 0 unspecified atom stereocenters. The van der Waals surface area contributed by atoms with Crippen molar-refractivity contribution in [2.75, 3.05) is 6.61 Å². The number of nitrogens with one attached hydrogen (secondary N) is 1. The van der Waals surface area contributed by atoms with Crippen molar-refractivity contribution in [3.05, 3.63) is 33.1 Å². The maximum absolute atomic E-state index is 11.9. The molecule has 4 N–H and O–H groups in total. The number of nitrogens with zero attached hydrogens (tertiary/aromatic N) is 1. The second-order valence-electron chi connectivity index (χ2n) is 5.62. The molecule has 1 aromatic heterocycles. The molecule has 21 heavy (non-hydrogen) atoms. The largest absolute Gasteiger partial charge is 0.469 e. The highest BCUT2D eigenvalue weighted by atomic mass is 31.2. The van der Waals surface area contributed by atoms with E-state index in [2.05, 4.69) is 9.51 Å². The quantitative estimate of drug-likeness (QED) is 0.508. The molecule has 0 spiro atoms. The lowest BCUT2D eigenvalue weighted by molar-refractivity contribution is 0.0673. The number of hydrogen-bond donors (Lipinski definition) is 4. The van der Waals surface area contributed by atoms with E-state index in [9.17, 15) is 19.3 Å². The molecule has 0 aromatic carbocycles. The fourth-order valence-electron chi connectivity index (χ4n) is 3.44. The van der Waals surface area contributed by atoms with Crippen molar-refractivity contribution in [2.45, 2.75) is 24.5 Å². The first-order chi connectivity index (χ1) is 9.73. The molecule has 4 atom stereocenters. The molecule has 9 nitrogen and oxygen atoms in total. The first-order valence-corrected chi connectivity index (χ1v) is 7.97. The highest BCUT2D eigenvalue weighted by Gasteiger charge is 2.66. The van der Waals surface area contributed by atoms with Crippen molar-refractivity contribution in [1.29, 1.82) is 0 Å². The van der Waals surface area contributed by atoms with Gasteiger partial charge in [-0.15, -0.1) is 0 Å². The van der Waals surface area contributed by atoms with Crippen LogP contribution in [0, 0.1) is 11.8 Å². The van der Waals surface area contributed by atoms with Gasteiger partial charge in [-0.3, -0.25) is 18.9 Å². The number of aromatic nitrogens is 2. The Morgan fingerprint density at radius 3 is 2.76 bits per heavy atom. The molecule has 3 rings (SSSR count). The van der Waals surface area contributed by atoms with Crippen molar-refractivity contribution in [3.8, 4) is 0 Å². The minimum Gasteiger partial charge on any atom is -0.393 e. The monoisotopic (exact) mass is 318 g/mol. The van der Waals surface area contributed by atoms with E-state index < -0.39 is 36.6 Å². The number of hydrogen-bond acceptors (Lipinski definition) is 5. The third kappa shape index (κ3) is 2.51. The molecule has 0 saturated heterocycles. The third-order valence-corrected chi connectivity index (χ3v) is 4.90. The number of phosphoric ester groups is 1. The highest BCUT2D eigenvalue weighted by molar-refractivity contribution is 7.46. The zero-order valence-electron chi connectivity index (χ0n) is 10.9. The van der Waals surface area contributed by atoms with Gasteiger partial charge in [0.1, 0.15) is 0 Å². The van der Waals surface area contributed by atoms with Gasteiger partial charge < -0.3 is 14.9 Å². The van der Waals surface area contributed by atoms with Gasteiger partial charge in [-0.25, -0.2) is 9.36 Å². The molecule has 116 valence electrons.